The van der Waals surface area contributed by atoms with Gasteiger partial charge in [0, 0.05) is 11.4 Å². The quantitative estimate of drug-likeness (QED) is 0.601. The van der Waals surface area contributed by atoms with E-state index in [0.29, 0.717) is 19.5 Å². The van der Waals surface area contributed by atoms with E-state index in [4.69, 9.17) is 10.1 Å². The Labute approximate surface area is 154 Å². The molecule has 1 aliphatic carbocycles. The highest BCUT2D eigenvalue weighted by Crippen LogP contribution is 2.20. The first-order valence-corrected chi connectivity index (χ1v) is 9.66. The second-order valence-electron chi connectivity index (χ2n) is 7.29. The Morgan fingerprint density at radius 2 is 2.00 bits per heavy atom. The number of carbonyl (C=O) groups is 1. The molecule has 0 bridgehead atoms. The summed E-state index contributed by atoms with van der Waals surface area (Å²) in [5.74, 6) is -1.38. The van der Waals surface area contributed by atoms with Gasteiger partial charge in [-0.1, -0.05) is 13.0 Å². The summed E-state index contributed by atoms with van der Waals surface area (Å²) in [5.41, 5.74) is 3.69. The van der Waals surface area contributed by atoms with E-state index in [9.17, 15) is 13.6 Å². The Bertz CT molecular complexity index is 581. The van der Waals surface area contributed by atoms with Gasteiger partial charge in [-0.3, -0.25) is 14.7 Å². The van der Waals surface area contributed by atoms with Crippen molar-refractivity contribution in [2.45, 2.75) is 64.7 Å². The minimum Gasteiger partial charge on any atom is -0.481 e. The van der Waals surface area contributed by atoms with Gasteiger partial charge >= 0.3 is 5.97 Å². The smallest absolute Gasteiger partial charge is 0.306 e. The van der Waals surface area contributed by atoms with Gasteiger partial charge in [0.1, 0.15) is 0 Å². The average Bonchev–Trinajstić information content (AvgIpc) is 2.62. The van der Waals surface area contributed by atoms with E-state index in [1.807, 2.05) is 0 Å². The van der Waals surface area contributed by atoms with E-state index < -0.39 is 18.3 Å². The number of nitrogens with zero attached hydrogens (tertiary/aromatic N) is 2. The predicted octanol–water partition coefficient (Wildman–Crippen LogP) is 3.96. The summed E-state index contributed by atoms with van der Waals surface area (Å²) in [5, 5.41) is 8.93. The molecule has 0 amide bonds. The maximum absolute atomic E-state index is 12.7. The number of halogens is 2. The summed E-state index contributed by atoms with van der Waals surface area (Å²) in [6.45, 7) is 2.30. The Morgan fingerprint density at radius 3 is 2.73 bits per heavy atom. The van der Waals surface area contributed by atoms with Crippen LogP contribution in [0.4, 0.5) is 8.78 Å². The van der Waals surface area contributed by atoms with Crippen molar-refractivity contribution < 1.29 is 18.7 Å². The molecule has 1 heterocycles. The maximum atomic E-state index is 12.7. The van der Waals surface area contributed by atoms with Crippen molar-refractivity contribution in [1.29, 1.82) is 0 Å². The van der Waals surface area contributed by atoms with Gasteiger partial charge in [0.2, 0.25) is 0 Å². The first kappa shape index (κ1) is 20.7. The first-order chi connectivity index (χ1) is 12.5. The topological polar surface area (TPSA) is 53.4 Å². The third-order valence-electron chi connectivity index (χ3n) is 5.09. The van der Waals surface area contributed by atoms with E-state index >= 15 is 0 Å². The molecule has 1 atom stereocenters. The molecule has 0 saturated carbocycles. The third kappa shape index (κ3) is 6.98. The molecule has 0 aromatic carbocycles. The van der Waals surface area contributed by atoms with E-state index in [0.717, 1.165) is 37.8 Å². The lowest BCUT2D eigenvalue weighted by molar-refractivity contribution is -0.141. The lowest BCUT2D eigenvalue weighted by atomic mass is 9.95. The van der Waals surface area contributed by atoms with Gasteiger partial charge in [-0.05, 0) is 76.1 Å². The minimum absolute atomic E-state index is 0.288. The Morgan fingerprint density at radius 1 is 1.23 bits per heavy atom. The first-order valence-electron chi connectivity index (χ1n) is 9.66. The van der Waals surface area contributed by atoms with Gasteiger partial charge < -0.3 is 5.11 Å². The van der Waals surface area contributed by atoms with Crippen molar-refractivity contribution in [2.75, 3.05) is 19.6 Å². The number of carboxylic acid groups (broad SMARTS) is 1. The maximum Gasteiger partial charge on any atom is 0.306 e. The fraction of sp³-hybridized carbons (Fsp3) is 0.700. The number of aryl methyl sites for hydroxylation is 3. The minimum atomic E-state index is -2.39. The number of aromatic nitrogens is 1. The lowest BCUT2D eigenvalue weighted by Crippen LogP contribution is -2.32. The van der Waals surface area contributed by atoms with Crippen LogP contribution in [-0.4, -0.2) is 47.0 Å². The molecule has 1 aliphatic rings. The SMILES string of the molecule is C[C@@H](CCN(CCCCc1ccc2c(n1)CCCC2)CC(F)F)C(=O)O. The summed E-state index contributed by atoms with van der Waals surface area (Å²) in [7, 11) is 0. The van der Waals surface area contributed by atoms with Crippen molar-refractivity contribution in [3.63, 3.8) is 0 Å². The average molecular weight is 368 g/mol. The van der Waals surface area contributed by atoms with E-state index in [-0.39, 0.29) is 6.54 Å². The van der Waals surface area contributed by atoms with E-state index in [1.54, 1.807) is 11.8 Å². The monoisotopic (exact) mass is 368 g/mol. The summed E-state index contributed by atoms with van der Waals surface area (Å²) >= 11 is 0. The van der Waals surface area contributed by atoms with Crippen molar-refractivity contribution in [3.05, 3.63) is 29.1 Å². The Kier molecular flexibility index (Phi) is 8.42. The Balaban J connectivity index is 1.75. The second-order valence-corrected chi connectivity index (χ2v) is 7.29. The van der Waals surface area contributed by atoms with Crippen molar-refractivity contribution in [1.82, 2.24) is 9.88 Å². The molecule has 1 N–H and O–H groups in total. The molecule has 0 unspecified atom stereocenters. The molecule has 0 fully saturated rings. The van der Waals surface area contributed by atoms with Gasteiger partial charge in [-0.2, -0.15) is 0 Å². The molecule has 1 aromatic rings. The number of fused-ring (bicyclic) bond motifs is 1. The van der Waals surface area contributed by atoms with Gasteiger partial charge in [-0.25, -0.2) is 8.78 Å². The summed E-state index contributed by atoms with van der Waals surface area (Å²) in [4.78, 5) is 17.3. The van der Waals surface area contributed by atoms with Crippen molar-refractivity contribution >= 4 is 5.97 Å². The number of alkyl halides is 2. The molecule has 6 heteroatoms. The van der Waals surface area contributed by atoms with Crippen LogP contribution >= 0.6 is 0 Å². The zero-order valence-corrected chi connectivity index (χ0v) is 15.6. The number of unbranched alkanes of at least 4 members (excludes halogenated alkanes) is 1. The number of aliphatic carboxylic acids is 1. The number of hydrogen-bond donors (Lipinski definition) is 1. The zero-order chi connectivity index (χ0) is 18.9. The Hall–Kier alpha value is -1.56. The van der Waals surface area contributed by atoms with Crippen LogP contribution in [0, 0.1) is 5.92 Å². The molecule has 0 radical (unpaired) electrons. The van der Waals surface area contributed by atoms with Crippen LogP contribution in [0.25, 0.3) is 0 Å². The third-order valence-corrected chi connectivity index (χ3v) is 5.09. The molecule has 0 spiro atoms. The molecular weight excluding hydrogens is 338 g/mol. The number of rotatable bonds is 11. The largest absolute Gasteiger partial charge is 0.481 e. The fourth-order valence-electron chi connectivity index (χ4n) is 3.40. The van der Waals surface area contributed by atoms with Crippen LogP contribution in [0.2, 0.25) is 0 Å². The highest BCUT2D eigenvalue weighted by Gasteiger charge is 2.16. The van der Waals surface area contributed by atoms with Gasteiger partial charge in [-0.15, -0.1) is 0 Å². The van der Waals surface area contributed by atoms with Gasteiger partial charge in [0.25, 0.3) is 6.43 Å². The summed E-state index contributed by atoms with van der Waals surface area (Å²) in [6.07, 6.45) is 5.22. The van der Waals surface area contributed by atoms with Crippen molar-refractivity contribution in [3.8, 4) is 0 Å². The highest BCUT2D eigenvalue weighted by atomic mass is 19.3. The summed E-state index contributed by atoms with van der Waals surface area (Å²) < 4.78 is 25.5. The van der Waals surface area contributed by atoms with Gasteiger partial charge in [0.05, 0.1) is 12.5 Å². The molecule has 146 valence electrons. The van der Waals surface area contributed by atoms with Crippen LogP contribution in [0.1, 0.15) is 56.0 Å². The lowest BCUT2D eigenvalue weighted by Gasteiger charge is -2.22. The van der Waals surface area contributed by atoms with Crippen LogP contribution in [-0.2, 0) is 24.1 Å². The predicted molar refractivity (Wildman–Crippen MR) is 97.7 cm³/mol. The van der Waals surface area contributed by atoms with E-state index in [2.05, 4.69) is 12.1 Å². The molecule has 0 aliphatic heterocycles. The molecule has 4 nitrogen and oxygen atoms in total. The zero-order valence-electron chi connectivity index (χ0n) is 15.6. The van der Waals surface area contributed by atoms with Gasteiger partial charge in [0.15, 0.2) is 0 Å². The summed E-state index contributed by atoms with van der Waals surface area (Å²) in [6, 6.07) is 4.28. The molecule has 1 aromatic heterocycles. The highest BCUT2D eigenvalue weighted by molar-refractivity contribution is 5.69. The van der Waals surface area contributed by atoms with Crippen LogP contribution in [0.3, 0.4) is 0 Å². The second kappa shape index (κ2) is 10.6. The van der Waals surface area contributed by atoms with Crippen LogP contribution in [0.5, 0.6) is 0 Å². The fourth-order valence-corrected chi connectivity index (χ4v) is 3.40. The standard InChI is InChI=1S/C20H30F2N2O2/c1-15(20(25)26)11-13-24(14-19(21)22)12-5-4-7-17-10-9-16-6-2-3-8-18(16)23-17/h9-10,15,19H,2-8,11-14H2,1H3,(H,25,26)/t15-/m0/s1. The molecule has 2 rings (SSSR count). The molecule has 0 saturated heterocycles. The molecule has 26 heavy (non-hydrogen) atoms. The van der Waals surface area contributed by atoms with Crippen LogP contribution in [0.15, 0.2) is 12.1 Å². The van der Waals surface area contributed by atoms with Crippen molar-refractivity contribution in [2.24, 2.45) is 5.92 Å². The number of carboxylic acids is 1. The van der Waals surface area contributed by atoms with Crippen LogP contribution < -0.4 is 0 Å². The molecular formula is C20H30F2N2O2. The van der Waals surface area contributed by atoms with E-state index in [1.165, 1.54) is 24.1 Å². The number of hydrogen-bond acceptors (Lipinski definition) is 3. The number of pyridine rings is 1. The normalized spacial score (nSPS) is 15.3.